The van der Waals surface area contributed by atoms with E-state index in [-0.39, 0.29) is 0 Å². The highest BCUT2D eigenvalue weighted by molar-refractivity contribution is 5.11. The molecule has 1 aliphatic heterocycles. The Morgan fingerprint density at radius 1 is 1.47 bits per heavy atom. The molecule has 2 heterocycles. The molecule has 0 aliphatic carbocycles. The van der Waals surface area contributed by atoms with Crippen LogP contribution in [0.5, 0.6) is 0 Å². The smallest absolute Gasteiger partial charge is 0.0578 e. The topological polar surface area (TPSA) is 42.1 Å². The minimum absolute atomic E-state index is 0.426. The van der Waals surface area contributed by atoms with Crippen molar-refractivity contribution in [1.29, 1.82) is 0 Å². The fourth-order valence-corrected chi connectivity index (χ4v) is 2.92. The van der Waals surface area contributed by atoms with Gasteiger partial charge in [-0.2, -0.15) is 0 Å². The Bertz CT molecular complexity index is 323. The van der Waals surface area contributed by atoms with E-state index in [2.05, 4.69) is 28.9 Å². The third-order valence-electron chi connectivity index (χ3n) is 3.66. The molecule has 0 amide bonds. The van der Waals surface area contributed by atoms with E-state index >= 15 is 0 Å². The van der Waals surface area contributed by atoms with Crippen LogP contribution in [0, 0.1) is 5.92 Å². The van der Waals surface area contributed by atoms with Gasteiger partial charge in [0.05, 0.1) is 11.7 Å². The van der Waals surface area contributed by atoms with Gasteiger partial charge in [-0.3, -0.25) is 9.88 Å². The first-order valence-electron chi connectivity index (χ1n) is 6.71. The first kappa shape index (κ1) is 12.5. The maximum absolute atomic E-state index is 5.93. The second-order valence-corrected chi connectivity index (χ2v) is 4.87. The highest BCUT2D eigenvalue weighted by atomic mass is 15.2. The Labute approximate surface area is 104 Å². The molecule has 3 heteroatoms. The molecule has 2 atom stereocenters. The van der Waals surface area contributed by atoms with Crippen LogP contribution in [-0.4, -0.2) is 29.5 Å². The van der Waals surface area contributed by atoms with Crippen LogP contribution < -0.4 is 5.73 Å². The van der Waals surface area contributed by atoms with E-state index in [9.17, 15) is 0 Å². The maximum Gasteiger partial charge on any atom is 0.0578 e. The van der Waals surface area contributed by atoms with Crippen molar-refractivity contribution in [3.05, 3.63) is 30.1 Å². The monoisotopic (exact) mass is 233 g/mol. The van der Waals surface area contributed by atoms with E-state index in [4.69, 9.17) is 5.73 Å². The van der Waals surface area contributed by atoms with Gasteiger partial charge in [0.2, 0.25) is 0 Å². The van der Waals surface area contributed by atoms with Crippen molar-refractivity contribution in [3.8, 4) is 0 Å². The molecular weight excluding hydrogens is 210 g/mol. The van der Waals surface area contributed by atoms with E-state index in [0.29, 0.717) is 12.0 Å². The summed E-state index contributed by atoms with van der Waals surface area (Å²) in [6, 6.07) is 6.62. The van der Waals surface area contributed by atoms with Crippen LogP contribution in [0.15, 0.2) is 24.4 Å². The molecule has 0 radical (unpaired) electrons. The van der Waals surface area contributed by atoms with Crippen LogP contribution >= 0.6 is 0 Å². The SMILES string of the molecule is CCCN1CCCC(CN)C1c1ccccn1. The molecule has 2 N–H and O–H groups in total. The Morgan fingerprint density at radius 2 is 2.35 bits per heavy atom. The highest BCUT2D eigenvalue weighted by Crippen LogP contribution is 2.34. The lowest BCUT2D eigenvalue weighted by atomic mass is 9.86. The van der Waals surface area contributed by atoms with Crippen molar-refractivity contribution >= 4 is 0 Å². The molecule has 0 spiro atoms. The van der Waals surface area contributed by atoms with E-state index in [1.807, 2.05) is 12.3 Å². The van der Waals surface area contributed by atoms with E-state index in [1.165, 1.54) is 31.5 Å². The predicted molar refractivity (Wildman–Crippen MR) is 70.6 cm³/mol. The number of nitrogens with zero attached hydrogens (tertiary/aromatic N) is 2. The summed E-state index contributed by atoms with van der Waals surface area (Å²) < 4.78 is 0. The molecule has 0 bridgehead atoms. The van der Waals surface area contributed by atoms with Gasteiger partial charge in [-0.1, -0.05) is 13.0 Å². The fraction of sp³-hybridized carbons (Fsp3) is 0.643. The summed E-state index contributed by atoms with van der Waals surface area (Å²) in [6.07, 6.45) is 5.59. The first-order chi connectivity index (χ1) is 8.36. The lowest BCUT2D eigenvalue weighted by Gasteiger charge is -2.40. The summed E-state index contributed by atoms with van der Waals surface area (Å²) in [5, 5.41) is 0. The lowest BCUT2D eigenvalue weighted by Crippen LogP contribution is -2.42. The minimum Gasteiger partial charge on any atom is -0.330 e. The van der Waals surface area contributed by atoms with Crippen molar-refractivity contribution < 1.29 is 0 Å². The molecule has 0 aromatic carbocycles. The van der Waals surface area contributed by atoms with Crippen molar-refractivity contribution in [2.75, 3.05) is 19.6 Å². The number of rotatable bonds is 4. The Hall–Kier alpha value is -0.930. The molecule has 3 nitrogen and oxygen atoms in total. The van der Waals surface area contributed by atoms with Crippen molar-refractivity contribution in [2.24, 2.45) is 11.7 Å². The van der Waals surface area contributed by atoms with Crippen LogP contribution in [0.2, 0.25) is 0 Å². The summed E-state index contributed by atoms with van der Waals surface area (Å²) in [5.41, 5.74) is 7.13. The van der Waals surface area contributed by atoms with Gasteiger partial charge in [0.15, 0.2) is 0 Å². The number of piperidine rings is 1. The summed E-state index contributed by atoms with van der Waals surface area (Å²) in [7, 11) is 0. The average Bonchev–Trinajstić information content (AvgIpc) is 2.40. The zero-order valence-corrected chi connectivity index (χ0v) is 10.7. The van der Waals surface area contributed by atoms with Crippen molar-refractivity contribution in [3.63, 3.8) is 0 Å². The number of nitrogens with two attached hydrogens (primary N) is 1. The van der Waals surface area contributed by atoms with E-state index in [1.54, 1.807) is 0 Å². The Balaban J connectivity index is 2.22. The molecule has 1 aromatic rings. The second-order valence-electron chi connectivity index (χ2n) is 4.87. The van der Waals surface area contributed by atoms with E-state index in [0.717, 1.165) is 13.1 Å². The van der Waals surface area contributed by atoms with Gasteiger partial charge < -0.3 is 5.73 Å². The number of aromatic nitrogens is 1. The zero-order chi connectivity index (χ0) is 12.1. The van der Waals surface area contributed by atoms with Gasteiger partial charge >= 0.3 is 0 Å². The molecule has 1 saturated heterocycles. The fourth-order valence-electron chi connectivity index (χ4n) is 2.92. The molecule has 1 aromatic heterocycles. The third kappa shape index (κ3) is 2.85. The van der Waals surface area contributed by atoms with Gasteiger partial charge in [-0.05, 0) is 56.9 Å². The lowest BCUT2D eigenvalue weighted by molar-refractivity contribution is 0.0930. The molecule has 2 rings (SSSR count). The first-order valence-corrected chi connectivity index (χ1v) is 6.71. The number of pyridine rings is 1. The van der Waals surface area contributed by atoms with Crippen LogP contribution in [0.1, 0.15) is 37.9 Å². The predicted octanol–water partition coefficient (Wildman–Crippen LogP) is 2.20. The summed E-state index contributed by atoms with van der Waals surface area (Å²) in [6.45, 7) is 5.34. The standard InChI is InChI=1S/C14H23N3/c1-2-9-17-10-5-6-12(11-15)14(17)13-7-3-4-8-16-13/h3-4,7-8,12,14H,2,5-6,9-11,15H2,1H3. The van der Waals surface area contributed by atoms with Gasteiger partial charge in [0.1, 0.15) is 0 Å². The van der Waals surface area contributed by atoms with Crippen LogP contribution in [0.25, 0.3) is 0 Å². The molecule has 0 saturated carbocycles. The molecule has 1 aliphatic rings. The molecule has 94 valence electrons. The number of likely N-dealkylation sites (tertiary alicyclic amines) is 1. The van der Waals surface area contributed by atoms with Gasteiger partial charge in [0, 0.05) is 6.20 Å². The van der Waals surface area contributed by atoms with Crippen LogP contribution in [-0.2, 0) is 0 Å². The normalized spacial score (nSPS) is 26.0. The minimum atomic E-state index is 0.426. The third-order valence-corrected chi connectivity index (χ3v) is 3.66. The molecule has 17 heavy (non-hydrogen) atoms. The molecular formula is C14H23N3. The summed E-state index contributed by atoms with van der Waals surface area (Å²) >= 11 is 0. The van der Waals surface area contributed by atoms with Crippen LogP contribution in [0.3, 0.4) is 0 Å². The van der Waals surface area contributed by atoms with Crippen molar-refractivity contribution in [1.82, 2.24) is 9.88 Å². The summed E-state index contributed by atoms with van der Waals surface area (Å²) in [4.78, 5) is 7.09. The Kier molecular flexibility index (Phi) is 4.51. The molecule has 1 fully saturated rings. The highest BCUT2D eigenvalue weighted by Gasteiger charge is 2.31. The molecule has 2 unspecified atom stereocenters. The second kappa shape index (κ2) is 6.12. The van der Waals surface area contributed by atoms with Gasteiger partial charge in [0.25, 0.3) is 0 Å². The summed E-state index contributed by atoms with van der Waals surface area (Å²) in [5.74, 6) is 0.560. The van der Waals surface area contributed by atoms with E-state index < -0.39 is 0 Å². The van der Waals surface area contributed by atoms with Crippen LogP contribution in [0.4, 0.5) is 0 Å². The van der Waals surface area contributed by atoms with Gasteiger partial charge in [-0.15, -0.1) is 0 Å². The average molecular weight is 233 g/mol. The quantitative estimate of drug-likeness (QED) is 0.867. The maximum atomic E-state index is 5.93. The largest absolute Gasteiger partial charge is 0.330 e. The Morgan fingerprint density at radius 3 is 3.00 bits per heavy atom. The number of hydrogen-bond donors (Lipinski definition) is 1. The zero-order valence-electron chi connectivity index (χ0n) is 10.7. The van der Waals surface area contributed by atoms with Gasteiger partial charge in [-0.25, -0.2) is 0 Å². The number of hydrogen-bond acceptors (Lipinski definition) is 3. The van der Waals surface area contributed by atoms with Crippen molar-refractivity contribution in [2.45, 2.75) is 32.2 Å².